The summed E-state index contributed by atoms with van der Waals surface area (Å²) in [4.78, 5) is 8.73. The minimum atomic E-state index is -3.71. The fraction of sp³-hybridized carbons (Fsp3) is 0.0667. The Morgan fingerprint density at radius 1 is 1.21 bits per heavy atom. The van der Waals surface area contributed by atoms with Gasteiger partial charge in [-0.1, -0.05) is 15.9 Å². The summed E-state index contributed by atoms with van der Waals surface area (Å²) in [5.74, 6) is 0.987. The number of primary sulfonamides is 1. The molecule has 0 fully saturated rings. The monoisotopic (exact) mass is 408 g/mol. The van der Waals surface area contributed by atoms with Crippen LogP contribution in [-0.2, 0) is 10.0 Å². The molecule has 2 aromatic carbocycles. The van der Waals surface area contributed by atoms with Crippen molar-refractivity contribution in [3.8, 4) is 5.75 Å². The number of sulfonamides is 1. The van der Waals surface area contributed by atoms with Gasteiger partial charge in [0.1, 0.15) is 11.3 Å². The predicted octanol–water partition coefficient (Wildman–Crippen LogP) is 2.79. The van der Waals surface area contributed by atoms with Gasteiger partial charge in [0.15, 0.2) is 0 Å². The summed E-state index contributed by atoms with van der Waals surface area (Å²) in [5, 5.41) is 8.92. The van der Waals surface area contributed by atoms with E-state index < -0.39 is 10.0 Å². The molecule has 0 saturated heterocycles. The van der Waals surface area contributed by atoms with E-state index in [1.807, 2.05) is 12.1 Å². The van der Waals surface area contributed by atoms with Gasteiger partial charge >= 0.3 is 0 Å². The highest BCUT2D eigenvalue weighted by Crippen LogP contribution is 2.29. The number of halogens is 1. The second-order valence-corrected chi connectivity index (χ2v) is 7.41. The summed E-state index contributed by atoms with van der Waals surface area (Å²) >= 11 is 3.41. The first-order valence-electron chi connectivity index (χ1n) is 6.77. The molecule has 0 aliphatic heterocycles. The molecule has 0 unspecified atom stereocenters. The molecule has 24 heavy (non-hydrogen) atoms. The van der Waals surface area contributed by atoms with Gasteiger partial charge in [-0.15, -0.1) is 0 Å². The van der Waals surface area contributed by atoms with E-state index in [-0.39, 0.29) is 4.90 Å². The minimum Gasteiger partial charge on any atom is -0.494 e. The number of hydrogen-bond acceptors (Lipinski definition) is 6. The average Bonchev–Trinajstić information content (AvgIpc) is 2.54. The van der Waals surface area contributed by atoms with Crippen LogP contribution in [0.3, 0.4) is 0 Å². The molecule has 1 aromatic heterocycles. The molecule has 9 heteroatoms. The van der Waals surface area contributed by atoms with Crippen molar-refractivity contribution in [2.24, 2.45) is 5.14 Å². The summed E-state index contributed by atoms with van der Waals surface area (Å²) in [5.41, 5.74) is 1.30. The first-order valence-corrected chi connectivity index (χ1v) is 9.11. The summed E-state index contributed by atoms with van der Waals surface area (Å²) in [7, 11) is -2.14. The van der Waals surface area contributed by atoms with Crippen LogP contribution in [0.1, 0.15) is 0 Å². The normalized spacial score (nSPS) is 11.5. The minimum absolute atomic E-state index is 0.0407. The molecule has 3 N–H and O–H groups in total. The number of methoxy groups -OCH3 is 1. The zero-order valence-electron chi connectivity index (χ0n) is 12.5. The molecular weight excluding hydrogens is 396 g/mol. The van der Waals surface area contributed by atoms with Crippen molar-refractivity contribution in [1.82, 2.24) is 9.97 Å². The second-order valence-electron chi connectivity index (χ2n) is 4.93. The molecule has 7 nitrogen and oxygen atoms in total. The Labute approximate surface area is 147 Å². The largest absolute Gasteiger partial charge is 0.494 e. The molecule has 0 amide bonds. The fourth-order valence-electron chi connectivity index (χ4n) is 2.15. The average molecular weight is 409 g/mol. The third-order valence-corrected chi connectivity index (χ3v) is 4.66. The Hall–Kier alpha value is -2.23. The van der Waals surface area contributed by atoms with Crippen molar-refractivity contribution in [1.29, 1.82) is 0 Å². The van der Waals surface area contributed by atoms with Crippen LogP contribution in [0, 0.1) is 0 Å². The Kier molecular flexibility index (Phi) is 4.39. The Morgan fingerprint density at radius 2 is 1.92 bits per heavy atom. The van der Waals surface area contributed by atoms with Crippen LogP contribution in [0.4, 0.5) is 11.6 Å². The highest BCUT2D eigenvalue weighted by molar-refractivity contribution is 9.10. The molecule has 124 valence electrons. The maximum atomic E-state index is 11.3. The molecule has 0 aliphatic rings. The second kappa shape index (κ2) is 6.34. The van der Waals surface area contributed by atoms with Gasteiger partial charge in [0.2, 0.25) is 16.0 Å². The topological polar surface area (TPSA) is 107 Å². The molecule has 3 rings (SSSR count). The number of aromatic nitrogens is 2. The number of fused-ring (bicyclic) bond motifs is 1. The van der Waals surface area contributed by atoms with Crippen LogP contribution in [-0.4, -0.2) is 25.5 Å². The van der Waals surface area contributed by atoms with E-state index in [2.05, 4.69) is 31.2 Å². The number of anilines is 2. The van der Waals surface area contributed by atoms with Crippen LogP contribution in [0.25, 0.3) is 10.9 Å². The standard InChI is InChI=1S/C15H13BrN4O3S/c1-23-13-7-10(16)6-9-8-18-15(20-14(9)13)19-11-2-4-12(5-3-11)24(17,21)22/h2-8H,1H3,(H2,17,21,22)(H,18,19,20). The smallest absolute Gasteiger partial charge is 0.238 e. The lowest BCUT2D eigenvalue weighted by atomic mass is 10.2. The van der Waals surface area contributed by atoms with E-state index in [9.17, 15) is 8.42 Å². The molecule has 0 atom stereocenters. The van der Waals surface area contributed by atoms with Crippen molar-refractivity contribution in [3.63, 3.8) is 0 Å². The number of rotatable bonds is 4. The Balaban J connectivity index is 1.94. The van der Waals surface area contributed by atoms with Gasteiger partial charge in [-0.2, -0.15) is 0 Å². The molecular formula is C15H13BrN4O3S. The zero-order chi connectivity index (χ0) is 17.3. The number of nitrogens with one attached hydrogen (secondary N) is 1. The van der Waals surface area contributed by atoms with Crippen molar-refractivity contribution in [2.45, 2.75) is 4.90 Å². The van der Waals surface area contributed by atoms with E-state index in [4.69, 9.17) is 9.88 Å². The van der Waals surface area contributed by atoms with Crippen molar-refractivity contribution < 1.29 is 13.2 Å². The lowest BCUT2D eigenvalue weighted by Gasteiger charge is -2.09. The number of benzene rings is 2. The molecule has 3 aromatic rings. The highest BCUT2D eigenvalue weighted by Gasteiger charge is 2.09. The maximum Gasteiger partial charge on any atom is 0.238 e. The molecule has 0 aliphatic carbocycles. The summed E-state index contributed by atoms with van der Waals surface area (Å²) in [6.07, 6.45) is 1.68. The quantitative estimate of drug-likeness (QED) is 0.686. The van der Waals surface area contributed by atoms with Crippen LogP contribution in [0.2, 0.25) is 0 Å². The summed E-state index contributed by atoms with van der Waals surface area (Å²) < 4.78 is 28.7. The van der Waals surface area contributed by atoms with Gasteiger partial charge in [-0.05, 0) is 36.4 Å². The van der Waals surface area contributed by atoms with Gasteiger partial charge in [0, 0.05) is 21.7 Å². The van der Waals surface area contributed by atoms with Crippen molar-refractivity contribution in [2.75, 3.05) is 12.4 Å². The third-order valence-electron chi connectivity index (χ3n) is 3.27. The van der Waals surface area contributed by atoms with Crippen LogP contribution < -0.4 is 15.2 Å². The SMILES string of the molecule is COc1cc(Br)cc2cnc(Nc3ccc(S(N)(=O)=O)cc3)nc12. The Bertz CT molecular complexity index is 1010. The highest BCUT2D eigenvalue weighted by atomic mass is 79.9. The van der Waals surface area contributed by atoms with Crippen LogP contribution in [0.15, 0.2) is 52.0 Å². The van der Waals surface area contributed by atoms with Crippen molar-refractivity contribution >= 4 is 48.5 Å². The zero-order valence-corrected chi connectivity index (χ0v) is 14.9. The Morgan fingerprint density at radius 3 is 2.54 bits per heavy atom. The number of nitrogens with zero attached hydrogens (tertiary/aromatic N) is 2. The van der Waals surface area contributed by atoms with E-state index in [0.717, 1.165) is 9.86 Å². The van der Waals surface area contributed by atoms with Gasteiger partial charge in [0.25, 0.3) is 0 Å². The molecule has 0 radical (unpaired) electrons. The third kappa shape index (κ3) is 3.48. The van der Waals surface area contributed by atoms with E-state index in [0.29, 0.717) is 22.9 Å². The molecule has 0 bridgehead atoms. The van der Waals surface area contributed by atoms with Crippen molar-refractivity contribution in [3.05, 3.63) is 47.1 Å². The van der Waals surface area contributed by atoms with E-state index >= 15 is 0 Å². The van der Waals surface area contributed by atoms with Gasteiger partial charge in [-0.25, -0.2) is 23.5 Å². The molecule has 1 heterocycles. The fourth-order valence-corrected chi connectivity index (χ4v) is 3.12. The van der Waals surface area contributed by atoms with Crippen LogP contribution >= 0.6 is 15.9 Å². The first-order chi connectivity index (χ1) is 11.4. The van der Waals surface area contributed by atoms with E-state index in [1.54, 1.807) is 25.4 Å². The van der Waals surface area contributed by atoms with Gasteiger partial charge in [-0.3, -0.25) is 0 Å². The molecule has 0 spiro atoms. The molecule has 0 saturated carbocycles. The van der Waals surface area contributed by atoms with E-state index in [1.165, 1.54) is 12.1 Å². The maximum absolute atomic E-state index is 11.3. The first kappa shape index (κ1) is 16.6. The van der Waals surface area contributed by atoms with Gasteiger partial charge in [0.05, 0.1) is 12.0 Å². The lowest BCUT2D eigenvalue weighted by molar-refractivity contribution is 0.418. The summed E-state index contributed by atoms with van der Waals surface area (Å²) in [6, 6.07) is 9.72. The number of ether oxygens (including phenoxy) is 1. The predicted molar refractivity (Wildman–Crippen MR) is 94.9 cm³/mol. The lowest BCUT2D eigenvalue weighted by Crippen LogP contribution is -2.11. The number of hydrogen-bond donors (Lipinski definition) is 2. The van der Waals surface area contributed by atoms with Gasteiger partial charge < -0.3 is 10.1 Å². The van der Waals surface area contributed by atoms with Crippen LogP contribution in [0.5, 0.6) is 5.75 Å². The number of nitrogens with two attached hydrogens (primary N) is 1. The summed E-state index contributed by atoms with van der Waals surface area (Å²) in [6.45, 7) is 0.